The van der Waals surface area contributed by atoms with Crippen LogP contribution in [0.4, 0.5) is 0 Å². The van der Waals surface area contributed by atoms with Gasteiger partial charge in [-0.3, -0.25) is 9.59 Å². The number of aromatic nitrogens is 3. The third-order valence-electron chi connectivity index (χ3n) is 4.11. The van der Waals surface area contributed by atoms with Crippen LogP contribution in [0.15, 0.2) is 33.8 Å². The summed E-state index contributed by atoms with van der Waals surface area (Å²) in [6.07, 6.45) is 2.91. The number of nitrogens with zero attached hydrogens (tertiary/aromatic N) is 3. The number of carbonyl (C=O) groups is 1. The smallest absolute Gasteiger partial charge is 0.280 e. The molecule has 0 aromatic carbocycles. The van der Waals surface area contributed by atoms with Crippen molar-refractivity contribution >= 4 is 28.6 Å². The van der Waals surface area contributed by atoms with Crippen molar-refractivity contribution in [1.82, 2.24) is 20.1 Å². The van der Waals surface area contributed by atoms with E-state index in [4.69, 9.17) is 0 Å². The maximum atomic E-state index is 12.2. The van der Waals surface area contributed by atoms with Crippen molar-refractivity contribution in [2.24, 2.45) is 0 Å². The molecule has 0 bridgehead atoms. The number of aryl methyl sites for hydroxylation is 2. The van der Waals surface area contributed by atoms with Crippen molar-refractivity contribution in [2.75, 3.05) is 6.54 Å². The minimum atomic E-state index is -0.220. The Balaban J connectivity index is 1.37. The zero-order chi connectivity index (χ0) is 17.2. The molecule has 0 aliphatic heterocycles. The van der Waals surface area contributed by atoms with Crippen molar-refractivity contribution < 1.29 is 4.79 Å². The zero-order valence-corrected chi connectivity index (χ0v) is 15.0. The molecule has 1 aliphatic carbocycles. The third-order valence-corrected chi connectivity index (χ3v) is 5.84. The lowest BCUT2D eigenvalue weighted by Gasteiger charge is -2.07. The SMILES string of the molecule is O=C(NCCn1nc2c(cc1=O)CCC2)c1nc(-c2cccs2)cs1. The van der Waals surface area contributed by atoms with E-state index in [0.717, 1.165) is 41.1 Å². The molecule has 0 spiro atoms. The Labute approximate surface area is 152 Å². The number of fused-ring (bicyclic) bond motifs is 1. The lowest BCUT2D eigenvalue weighted by atomic mass is 10.2. The average molecular weight is 372 g/mol. The Bertz CT molecular complexity index is 959. The summed E-state index contributed by atoms with van der Waals surface area (Å²) in [6, 6.07) is 5.61. The van der Waals surface area contributed by atoms with E-state index in [1.165, 1.54) is 16.0 Å². The molecule has 4 rings (SSSR count). The van der Waals surface area contributed by atoms with Gasteiger partial charge in [-0.1, -0.05) is 6.07 Å². The Morgan fingerprint density at radius 1 is 1.32 bits per heavy atom. The first-order chi connectivity index (χ1) is 12.2. The molecule has 3 heterocycles. The van der Waals surface area contributed by atoms with Crippen LogP contribution in [-0.4, -0.2) is 27.2 Å². The molecule has 3 aromatic rings. The van der Waals surface area contributed by atoms with Crippen LogP contribution in [-0.2, 0) is 19.4 Å². The van der Waals surface area contributed by atoms with Crippen molar-refractivity contribution in [3.8, 4) is 10.6 Å². The zero-order valence-electron chi connectivity index (χ0n) is 13.4. The molecule has 1 amide bonds. The summed E-state index contributed by atoms with van der Waals surface area (Å²) in [4.78, 5) is 29.7. The van der Waals surface area contributed by atoms with Crippen LogP contribution < -0.4 is 10.9 Å². The molecule has 6 nitrogen and oxygen atoms in total. The first kappa shape index (κ1) is 16.2. The van der Waals surface area contributed by atoms with Gasteiger partial charge in [0.2, 0.25) is 0 Å². The third kappa shape index (κ3) is 3.40. The molecule has 0 atom stereocenters. The number of thiazole rings is 1. The molecule has 128 valence electrons. The monoisotopic (exact) mass is 372 g/mol. The van der Waals surface area contributed by atoms with E-state index in [0.29, 0.717) is 18.1 Å². The van der Waals surface area contributed by atoms with Gasteiger partial charge in [-0.05, 0) is 36.3 Å². The number of amides is 1. The number of nitrogens with one attached hydrogen (secondary N) is 1. The molecule has 0 radical (unpaired) electrons. The normalized spacial score (nSPS) is 13.0. The van der Waals surface area contributed by atoms with E-state index in [-0.39, 0.29) is 11.5 Å². The van der Waals surface area contributed by atoms with Crippen LogP contribution in [0, 0.1) is 0 Å². The second-order valence-corrected chi connectivity index (χ2v) is 7.61. The van der Waals surface area contributed by atoms with E-state index in [9.17, 15) is 9.59 Å². The van der Waals surface area contributed by atoms with Gasteiger partial charge < -0.3 is 5.32 Å². The van der Waals surface area contributed by atoms with Crippen LogP contribution >= 0.6 is 22.7 Å². The topological polar surface area (TPSA) is 76.9 Å². The van der Waals surface area contributed by atoms with Crippen LogP contribution in [0.2, 0.25) is 0 Å². The highest BCUT2D eigenvalue weighted by Gasteiger charge is 2.15. The van der Waals surface area contributed by atoms with E-state index in [1.807, 2.05) is 22.9 Å². The second kappa shape index (κ2) is 6.89. The number of thiophene rings is 1. The maximum Gasteiger partial charge on any atom is 0.280 e. The van der Waals surface area contributed by atoms with Gasteiger partial charge in [0.15, 0.2) is 5.01 Å². The summed E-state index contributed by atoms with van der Waals surface area (Å²) in [6.45, 7) is 0.708. The average Bonchev–Trinajstić information content (AvgIpc) is 3.35. The number of rotatable bonds is 5. The highest BCUT2D eigenvalue weighted by molar-refractivity contribution is 7.15. The van der Waals surface area contributed by atoms with Crippen molar-refractivity contribution in [3.05, 3.63) is 55.6 Å². The van der Waals surface area contributed by atoms with Crippen molar-refractivity contribution in [3.63, 3.8) is 0 Å². The van der Waals surface area contributed by atoms with Gasteiger partial charge in [0, 0.05) is 18.0 Å². The summed E-state index contributed by atoms with van der Waals surface area (Å²) in [5.74, 6) is -0.220. The summed E-state index contributed by atoms with van der Waals surface area (Å²) < 4.78 is 1.43. The lowest BCUT2D eigenvalue weighted by Crippen LogP contribution is -2.32. The second-order valence-electron chi connectivity index (χ2n) is 5.80. The van der Waals surface area contributed by atoms with Crippen molar-refractivity contribution in [1.29, 1.82) is 0 Å². The van der Waals surface area contributed by atoms with Crippen LogP contribution in [0.25, 0.3) is 10.6 Å². The fourth-order valence-electron chi connectivity index (χ4n) is 2.87. The Morgan fingerprint density at radius 3 is 3.08 bits per heavy atom. The fourth-order valence-corrected chi connectivity index (χ4v) is 4.36. The van der Waals surface area contributed by atoms with Gasteiger partial charge in [0.05, 0.1) is 22.8 Å². The minimum Gasteiger partial charge on any atom is -0.348 e. The number of carbonyl (C=O) groups excluding carboxylic acids is 1. The molecule has 0 fully saturated rings. The summed E-state index contributed by atoms with van der Waals surface area (Å²) in [7, 11) is 0. The van der Waals surface area contributed by atoms with Gasteiger partial charge in [-0.2, -0.15) is 5.10 Å². The largest absolute Gasteiger partial charge is 0.348 e. The Hall–Kier alpha value is -2.32. The van der Waals surface area contributed by atoms with E-state index in [2.05, 4.69) is 15.4 Å². The fraction of sp³-hybridized carbons (Fsp3) is 0.294. The van der Waals surface area contributed by atoms with Gasteiger partial charge in [0.1, 0.15) is 0 Å². The van der Waals surface area contributed by atoms with E-state index in [1.54, 1.807) is 17.4 Å². The molecule has 1 N–H and O–H groups in total. The molecule has 8 heteroatoms. The van der Waals surface area contributed by atoms with Gasteiger partial charge >= 0.3 is 0 Å². The molecule has 3 aromatic heterocycles. The standard InChI is InChI=1S/C17H16N4O2S2/c22-15-9-11-3-1-4-12(11)20-21(15)7-6-18-16(23)17-19-13(10-25-17)14-5-2-8-24-14/h2,5,8-10H,1,3-4,6-7H2,(H,18,23). The maximum absolute atomic E-state index is 12.2. The quantitative estimate of drug-likeness (QED) is 0.746. The molecular weight excluding hydrogens is 356 g/mol. The molecule has 1 aliphatic rings. The van der Waals surface area contributed by atoms with Gasteiger partial charge in [-0.25, -0.2) is 9.67 Å². The van der Waals surface area contributed by atoms with E-state index < -0.39 is 0 Å². The van der Waals surface area contributed by atoms with Crippen LogP contribution in [0.5, 0.6) is 0 Å². The summed E-state index contributed by atoms with van der Waals surface area (Å²) in [5.41, 5.74) is 2.78. The van der Waals surface area contributed by atoms with Crippen LogP contribution in [0.1, 0.15) is 27.5 Å². The van der Waals surface area contributed by atoms with Crippen LogP contribution in [0.3, 0.4) is 0 Å². The molecule has 25 heavy (non-hydrogen) atoms. The first-order valence-electron chi connectivity index (χ1n) is 8.08. The van der Waals surface area contributed by atoms with Gasteiger partial charge in [0.25, 0.3) is 11.5 Å². The summed E-state index contributed by atoms with van der Waals surface area (Å²) >= 11 is 2.91. The molecular formula is C17H16N4O2S2. The molecule has 0 unspecified atom stereocenters. The first-order valence-corrected chi connectivity index (χ1v) is 9.84. The highest BCUT2D eigenvalue weighted by atomic mass is 32.1. The summed E-state index contributed by atoms with van der Waals surface area (Å²) in [5, 5.41) is 11.5. The predicted octanol–water partition coefficient (Wildman–Crippen LogP) is 2.35. The lowest BCUT2D eigenvalue weighted by molar-refractivity contribution is 0.0951. The van der Waals surface area contributed by atoms with Crippen molar-refractivity contribution in [2.45, 2.75) is 25.8 Å². The number of hydrogen-bond acceptors (Lipinski definition) is 6. The minimum absolute atomic E-state index is 0.107. The Morgan fingerprint density at radius 2 is 2.24 bits per heavy atom. The molecule has 0 saturated carbocycles. The Kier molecular flexibility index (Phi) is 4.46. The highest BCUT2D eigenvalue weighted by Crippen LogP contribution is 2.25. The predicted molar refractivity (Wildman–Crippen MR) is 98.3 cm³/mol. The molecule has 0 saturated heterocycles. The van der Waals surface area contributed by atoms with Gasteiger partial charge in [-0.15, -0.1) is 22.7 Å². The number of hydrogen-bond donors (Lipinski definition) is 1. The van der Waals surface area contributed by atoms with E-state index >= 15 is 0 Å².